The predicted octanol–water partition coefficient (Wildman–Crippen LogP) is 1.65. The van der Waals surface area contributed by atoms with Gasteiger partial charge in [-0.2, -0.15) is 0 Å². The van der Waals surface area contributed by atoms with Crippen LogP contribution in [0.4, 0.5) is 0 Å². The highest BCUT2D eigenvalue weighted by atomic mass is 16.5. The molecule has 0 aromatic rings. The molecule has 0 aromatic carbocycles. The molecule has 0 bridgehead atoms. The molecule has 0 aromatic heterocycles. The average Bonchev–Trinajstić information content (AvgIpc) is 2.86. The van der Waals surface area contributed by atoms with Crippen LogP contribution in [0.25, 0.3) is 0 Å². The van der Waals surface area contributed by atoms with Gasteiger partial charge in [0, 0.05) is 38.1 Å². The lowest BCUT2D eigenvalue weighted by molar-refractivity contribution is -0.131. The number of hydrogen-bond donors (Lipinski definition) is 1. The Morgan fingerprint density at radius 3 is 2.89 bits per heavy atom. The normalized spacial score (nSPS) is 29.3. The molecule has 1 amide bonds. The summed E-state index contributed by atoms with van der Waals surface area (Å²) in [6.45, 7) is 7.97. The number of likely N-dealkylation sites (tertiary alicyclic amines) is 1. The fourth-order valence-corrected chi connectivity index (χ4v) is 3.07. The van der Waals surface area contributed by atoms with Crippen molar-refractivity contribution in [2.24, 2.45) is 11.3 Å². The standard InChI is InChI=1S/C15H28N2O2/c1-15(2)6-4-14(18)17(8-7-15)10-13(16-3)12-5-9-19-11-12/h12-13,16H,4-11H2,1-3H3. The van der Waals surface area contributed by atoms with Crippen LogP contribution in [-0.4, -0.2) is 50.2 Å². The molecule has 2 atom stereocenters. The predicted molar refractivity (Wildman–Crippen MR) is 76.0 cm³/mol. The molecule has 2 rings (SSSR count). The fraction of sp³-hybridized carbons (Fsp3) is 0.933. The lowest BCUT2D eigenvalue weighted by atomic mass is 9.85. The SMILES string of the molecule is CNC(CN1CCC(C)(C)CCC1=O)C1CCOC1. The molecule has 2 aliphatic rings. The Morgan fingerprint density at radius 2 is 2.26 bits per heavy atom. The number of nitrogens with one attached hydrogen (secondary N) is 1. The Kier molecular flexibility index (Phi) is 4.85. The minimum atomic E-state index is 0.302. The van der Waals surface area contributed by atoms with E-state index >= 15 is 0 Å². The fourth-order valence-electron chi connectivity index (χ4n) is 3.07. The lowest BCUT2D eigenvalue weighted by Crippen LogP contribution is -2.46. The van der Waals surface area contributed by atoms with Crippen LogP contribution >= 0.6 is 0 Å². The van der Waals surface area contributed by atoms with Crippen LogP contribution in [0.15, 0.2) is 0 Å². The highest BCUT2D eigenvalue weighted by Crippen LogP contribution is 2.30. The molecule has 2 unspecified atom stereocenters. The van der Waals surface area contributed by atoms with E-state index in [1.807, 2.05) is 7.05 Å². The molecule has 0 spiro atoms. The van der Waals surface area contributed by atoms with Crippen molar-refractivity contribution in [1.29, 1.82) is 0 Å². The Bertz CT molecular complexity index is 311. The molecule has 19 heavy (non-hydrogen) atoms. The average molecular weight is 268 g/mol. The molecular weight excluding hydrogens is 240 g/mol. The number of ether oxygens (including phenoxy) is 1. The van der Waals surface area contributed by atoms with Gasteiger partial charge in [-0.25, -0.2) is 0 Å². The minimum Gasteiger partial charge on any atom is -0.381 e. The smallest absolute Gasteiger partial charge is 0.222 e. The van der Waals surface area contributed by atoms with Gasteiger partial charge in [0.1, 0.15) is 0 Å². The summed E-state index contributed by atoms with van der Waals surface area (Å²) in [5.41, 5.74) is 0.302. The molecule has 0 aliphatic carbocycles. The second kappa shape index (κ2) is 6.23. The summed E-state index contributed by atoms with van der Waals surface area (Å²) in [6, 6.07) is 0.368. The first-order valence-electron chi connectivity index (χ1n) is 7.54. The molecule has 2 fully saturated rings. The zero-order chi connectivity index (χ0) is 13.9. The van der Waals surface area contributed by atoms with Crippen molar-refractivity contribution in [3.8, 4) is 0 Å². The summed E-state index contributed by atoms with van der Waals surface area (Å²) >= 11 is 0. The Labute approximate surface area is 116 Å². The molecule has 0 radical (unpaired) electrons. The first-order chi connectivity index (χ1) is 9.02. The van der Waals surface area contributed by atoms with E-state index in [1.54, 1.807) is 0 Å². The maximum atomic E-state index is 12.2. The molecular formula is C15H28N2O2. The van der Waals surface area contributed by atoms with E-state index in [2.05, 4.69) is 24.1 Å². The summed E-state index contributed by atoms with van der Waals surface area (Å²) in [5, 5.41) is 3.38. The van der Waals surface area contributed by atoms with Crippen LogP contribution in [0.5, 0.6) is 0 Å². The van der Waals surface area contributed by atoms with Gasteiger partial charge in [-0.15, -0.1) is 0 Å². The summed E-state index contributed by atoms with van der Waals surface area (Å²) in [6.07, 6.45) is 3.93. The Balaban J connectivity index is 1.94. The van der Waals surface area contributed by atoms with Gasteiger partial charge in [0.25, 0.3) is 0 Å². The van der Waals surface area contributed by atoms with Crippen molar-refractivity contribution in [2.45, 2.75) is 45.6 Å². The van der Waals surface area contributed by atoms with Crippen molar-refractivity contribution in [3.63, 3.8) is 0 Å². The second-order valence-corrected chi connectivity index (χ2v) is 6.77. The van der Waals surface area contributed by atoms with Crippen LogP contribution in [-0.2, 0) is 9.53 Å². The first-order valence-corrected chi connectivity index (χ1v) is 7.54. The third kappa shape index (κ3) is 3.93. The molecule has 2 aliphatic heterocycles. The number of nitrogens with zero attached hydrogens (tertiary/aromatic N) is 1. The zero-order valence-corrected chi connectivity index (χ0v) is 12.6. The van der Waals surface area contributed by atoms with Crippen molar-refractivity contribution >= 4 is 5.91 Å². The Morgan fingerprint density at radius 1 is 1.47 bits per heavy atom. The van der Waals surface area contributed by atoms with E-state index < -0.39 is 0 Å². The Hall–Kier alpha value is -0.610. The van der Waals surface area contributed by atoms with Gasteiger partial charge in [0.05, 0.1) is 6.61 Å². The molecule has 1 N–H and O–H groups in total. The third-order valence-corrected chi connectivity index (χ3v) is 4.75. The van der Waals surface area contributed by atoms with E-state index in [9.17, 15) is 4.79 Å². The monoisotopic (exact) mass is 268 g/mol. The molecule has 4 nitrogen and oxygen atoms in total. The van der Waals surface area contributed by atoms with E-state index in [4.69, 9.17) is 4.74 Å². The van der Waals surface area contributed by atoms with Crippen molar-refractivity contribution in [2.75, 3.05) is 33.4 Å². The maximum absolute atomic E-state index is 12.2. The van der Waals surface area contributed by atoms with Crippen LogP contribution in [0.3, 0.4) is 0 Å². The van der Waals surface area contributed by atoms with Gasteiger partial charge in [-0.3, -0.25) is 4.79 Å². The van der Waals surface area contributed by atoms with Crippen molar-refractivity contribution in [1.82, 2.24) is 10.2 Å². The van der Waals surface area contributed by atoms with Gasteiger partial charge in [0.15, 0.2) is 0 Å². The van der Waals surface area contributed by atoms with Crippen LogP contribution in [0.2, 0.25) is 0 Å². The first kappa shape index (κ1) is 14.8. The molecule has 110 valence electrons. The van der Waals surface area contributed by atoms with Gasteiger partial charge in [0.2, 0.25) is 5.91 Å². The highest BCUT2D eigenvalue weighted by molar-refractivity contribution is 5.76. The summed E-state index contributed by atoms with van der Waals surface area (Å²) in [4.78, 5) is 14.3. The number of carbonyl (C=O) groups excluding carboxylic acids is 1. The summed E-state index contributed by atoms with van der Waals surface area (Å²) < 4.78 is 5.47. The molecule has 2 heterocycles. The molecule has 2 saturated heterocycles. The second-order valence-electron chi connectivity index (χ2n) is 6.77. The number of rotatable bonds is 4. The number of hydrogen-bond acceptors (Lipinski definition) is 3. The van der Waals surface area contributed by atoms with Gasteiger partial charge in [-0.1, -0.05) is 13.8 Å². The van der Waals surface area contributed by atoms with Crippen LogP contribution in [0, 0.1) is 11.3 Å². The maximum Gasteiger partial charge on any atom is 0.222 e. The molecule has 0 saturated carbocycles. The lowest BCUT2D eigenvalue weighted by Gasteiger charge is -2.30. The topological polar surface area (TPSA) is 41.6 Å². The number of likely N-dealkylation sites (N-methyl/N-ethyl adjacent to an activating group) is 1. The molecule has 4 heteroatoms. The van der Waals surface area contributed by atoms with E-state index in [1.165, 1.54) is 0 Å². The number of amides is 1. The van der Waals surface area contributed by atoms with Crippen LogP contribution in [0.1, 0.15) is 39.5 Å². The third-order valence-electron chi connectivity index (χ3n) is 4.75. The van der Waals surface area contributed by atoms with Crippen molar-refractivity contribution in [3.05, 3.63) is 0 Å². The van der Waals surface area contributed by atoms with E-state index in [0.29, 0.717) is 29.7 Å². The van der Waals surface area contributed by atoms with Gasteiger partial charge in [-0.05, 0) is 31.7 Å². The summed E-state index contributed by atoms with van der Waals surface area (Å²) in [7, 11) is 2.00. The zero-order valence-electron chi connectivity index (χ0n) is 12.6. The number of carbonyl (C=O) groups is 1. The minimum absolute atomic E-state index is 0.302. The van der Waals surface area contributed by atoms with Crippen LogP contribution < -0.4 is 5.32 Å². The summed E-state index contributed by atoms with van der Waals surface area (Å²) in [5.74, 6) is 0.874. The largest absolute Gasteiger partial charge is 0.381 e. The van der Waals surface area contributed by atoms with E-state index in [0.717, 1.165) is 45.6 Å². The van der Waals surface area contributed by atoms with Gasteiger partial charge >= 0.3 is 0 Å². The van der Waals surface area contributed by atoms with Crippen molar-refractivity contribution < 1.29 is 9.53 Å². The highest BCUT2D eigenvalue weighted by Gasteiger charge is 2.31. The van der Waals surface area contributed by atoms with Gasteiger partial charge < -0.3 is 15.0 Å². The van der Waals surface area contributed by atoms with E-state index in [-0.39, 0.29) is 0 Å². The quantitative estimate of drug-likeness (QED) is 0.843.